The van der Waals surface area contributed by atoms with Gasteiger partial charge in [0.25, 0.3) is 0 Å². The first-order valence-electron chi connectivity index (χ1n) is 7.74. The average molecular weight is 369 g/mol. The molecule has 1 aromatic carbocycles. The summed E-state index contributed by atoms with van der Waals surface area (Å²) in [5.74, 6) is 0.503. The van der Waals surface area contributed by atoms with Crippen LogP contribution in [0.4, 0.5) is 4.79 Å². The highest BCUT2D eigenvalue weighted by atomic mass is 79.9. The Bertz CT molecular complexity index is 528. The van der Waals surface area contributed by atoms with Gasteiger partial charge in [0.1, 0.15) is 5.60 Å². The molecule has 0 aliphatic carbocycles. The third-order valence-corrected chi connectivity index (χ3v) is 4.29. The van der Waals surface area contributed by atoms with Crippen molar-refractivity contribution in [3.05, 3.63) is 34.3 Å². The van der Waals surface area contributed by atoms with Crippen LogP contribution in [-0.2, 0) is 11.2 Å². The molecule has 1 aliphatic heterocycles. The molecule has 4 nitrogen and oxygen atoms in total. The van der Waals surface area contributed by atoms with Gasteiger partial charge < -0.3 is 10.5 Å². The Morgan fingerprint density at radius 1 is 1.45 bits per heavy atom. The second kappa shape index (κ2) is 7.01. The van der Waals surface area contributed by atoms with Gasteiger partial charge in [0.05, 0.1) is 6.17 Å². The fourth-order valence-electron chi connectivity index (χ4n) is 2.80. The molecule has 0 radical (unpaired) electrons. The smallest absolute Gasteiger partial charge is 0.411 e. The van der Waals surface area contributed by atoms with Gasteiger partial charge in [-0.3, -0.25) is 4.90 Å². The third-order valence-electron chi connectivity index (χ3n) is 3.79. The maximum atomic E-state index is 12.2. The van der Waals surface area contributed by atoms with E-state index >= 15 is 0 Å². The van der Waals surface area contributed by atoms with Gasteiger partial charge in [-0.05, 0) is 63.6 Å². The SMILES string of the molecule is CC(C)(C)OC(=O)N1CCC(Cc2cccc(Br)c2)CC1N. The molecule has 1 amide bonds. The van der Waals surface area contributed by atoms with E-state index in [4.69, 9.17) is 10.5 Å². The van der Waals surface area contributed by atoms with Crippen molar-refractivity contribution < 1.29 is 9.53 Å². The zero-order valence-electron chi connectivity index (χ0n) is 13.5. The summed E-state index contributed by atoms with van der Waals surface area (Å²) in [6.07, 6.45) is 2.20. The summed E-state index contributed by atoms with van der Waals surface area (Å²) in [7, 11) is 0. The molecule has 5 heteroatoms. The predicted molar refractivity (Wildman–Crippen MR) is 91.5 cm³/mol. The van der Waals surface area contributed by atoms with Crippen LogP contribution in [0.2, 0.25) is 0 Å². The van der Waals surface area contributed by atoms with Crippen LogP contribution in [-0.4, -0.2) is 29.3 Å². The van der Waals surface area contributed by atoms with Crippen molar-refractivity contribution in [2.75, 3.05) is 6.54 Å². The van der Waals surface area contributed by atoms with Crippen LogP contribution in [0.1, 0.15) is 39.2 Å². The molecule has 0 bridgehead atoms. The van der Waals surface area contributed by atoms with E-state index in [1.54, 1.807) is 4.90 Å². The van der Waals surface area contributed by atoms with E-state index in [2.05, 4.69) is 34.1 Å². The maximum absolute atomic E-state index is 12.2. The quantitative estimate of drug-likeness (QED) is 0.860. The average Bonchev–Trinajstić information content (AvgIpc) is 2.36. The minimum absolute atomic E-state index is 0.263. The topological polar surface area (TPSA) is 55.6 Å². The van der Waals surface area contributed by atoms with Crippen molar-refractivity contribution in [2.24, 2.45) is 11.7 Å². The summed E-state index contributed by atoms with van der Waals surface area (Å²) in [4.78, 5) is 13.8. The van der Waals surface area contributed by atoms with Crippen LogP contribution in [0.5, 0.6) is 0 Å². The van der Waals surface area contributed by atoms with Crippen LogP contribution < -0.4 is 5.73 Å². The number of likely N-dealkylation sites (tertiary alicyclic amines) is 1. The first kappa shape index (κ1) is 17.3. The van der Waals surface area contributed by atoms with Gasteiger partial charge >= 0.3 is 6.09 Å². The fraction of sp³-hybridized carbons (Fsp3) is 0.588. The molecule has 2 rings (SSSR count). The van der Waals surface area contributed by atoms with Crippen molar-refractivity contribution in [2.45, 2.75) is 51.8 Å². The number of rotatable bonds is 2. The molecule has 2 unspecified atom stereocenters. The highest BCUT2D eigenvalue weighted by Crippen LogP contribution is 2.26. The first-order valence-corrected chi connectivity index (χ1v) is 8.53. The zero-order chi connectivity index (χ0) is 16.3. The van der Waals surface area contributed by atoms with Crippen molar-refractivity contribution in [1.29, 1.82) is 0 Å². The van der Waals surface area contributed by atoms with Crippen molar-refractivity contribution in [3.63, 3.8) is 0 Å². The van der Waals surface area contributed by atoms with E-state index in [0.717, 1.165) is 23.7 Å². The molecule has 0 saturated carbocycles. The second-order valence-corrected chi connectivity index (χ2v) is 7.88. The van der Waals surface area contributed by atoms with Gasteiger partial charge in [0.15, 0.2) is 0 Å². The Kier molecular flexibility index (Phi) is 5.50. The van der Waals surface area contributed by atoms with E-state index in [-0.39, 0.29) is 12.3 Å². The molecule has 22 heavy (non-hydrogen) atoms. The number of hydrogen-bond acceptors (Lipinski definition) is 3. The minimum atomic E-state index is -0.482. The van der Waals surface area contributed by atoms with Gasteiger partial charge in [-0.25, -0.2) is 4.79 Å². The molecule has 1 aliphatic rings. The van der Waals surface area contributed by atoms with Gasteiger partial charge in [-0.1, -0.05) is 28.1 Å². The largest absolute Gasteiger partial charge is 0.444 e. The number of nitrogens with zero attached hydrogens (tertiary/aromatic N) is 1. The number of hydrogen-bond donors (Lipinski definition) is 1. The van der Waals surface area contributed by atoms with Gasteiger partial charge in [0, 0.05) is 11.0 Å². The Labute approximate surface area is 141 Å². The van der Waals surface area contributed by atoms with Crippen molar-refractivity contribution in [3.8, 4) is 0 Å². The van der Waals surface area contributed by atoms with E-state index in [0.29, 0.717) is 12.5 Å². The molecule has 2 N–H and O–H groups in total. The molecule has 0 spiro atoms. The number of nitrogens with two attached hydrogens (primary N) is 1. The van der Waals surface area contributed by atoms with Gasteiger partial charge in [0.2, 0.25) is 0 Å². The highest BCUT2D eigenvalue weighted by Gasteiger charge is 2.32. The lowest BCUT2D eigenvalue weighted by atomic mass is 9.89. The summed E-state index contributed by atoms with van der Waals surface area (Å²) in [6, 6.07) is 8.36. The number of piperidine rings is 1. The molecule has 0 aromatic heterocycles. The monoisotopic (exact) mass is 368 g/mol. The number of benzene rings is 1. The lowest BCUT2D eigenvalue weighted by Crippen LogP contribution is -2.52. The van der Waals surface area contributed by atoms with Crippen LogP contribution in [0.3, 0.4) is 0 Å². The normalized spacial score (nSPS) is 22.5. The van der Waals surface area contributed by atoms with Crippen molar-refractivity contribution in [1.82, 2.24) is 4.90 Å². The third kappa shape index (κ3) is 4.99. The molecule has 2 atom stereocenters. The lowest BCUT2D eigenvalue weighted by molar-refractivity contribution is 0.00556. The van der Waals surface area contributed by atoms with E-state index in [1.165, 1.54) is 5.56 Å². The van der Waals surface area contributed by atoms with E-state index in [1.807, 2.05) is 26.8 Å². The molecule has 1 fully saturated rings. The Hall–Kier alpha value is -1.07. The number of ether oxygens (including phenoxy) is 1. The first-order chi connectivity index (χ1) is 10.2. The summed E-state index contributed by atoms with van der Waals surface area (Å²) >= 11 is 3.50. The molecule has 122 valence electrons. The fourth-order valence-corrected chi connectivity index (χ4v) is 3.25. The number of carbonyl (C=O) groups is 1. The molecular weight excluding hydrogens is 344 g/mol. The Morgan fingerprint density at radius 3 is 2.77 bits per heavy atom. The van der Waals surface area contributed by atoms with Gasteiger partial charge in [-0.2, -0.15) is 0 Å². The summed E-state index contributed by atoms with van der Waals surface area (Å²) in [5.41, 5.74) is 7.01. The highest BCUT2D eigenvalue weighted by molar-refractivity contribution is 9.10. The van der Waals surface area contributed by atoms with E-state index in [9.17, 15) is 4.79 Å². The van der Waals surface area contributed by atoms with Crippen LogP contribution in [0, 0.1) is 5.92 Å². The molecular formula is C17H25BrN2O2. The van der Waals surface area contributed by atoms with Gasteiger partial charge in [-0.15, -0.1) is 0 Å². The zero-order valence-corrected chi connectivity index (χ0v) is 15.1. The predicted octanol–water partition coefficient (Wildman–Crippen LogP) is 3.92. The Morgan fingerprint density at radius 2 is 2.18 bits per heavy atom. The van der Waals surface area contributed by atoms with Crippen molar-refractivity contribution >= 4 is 22.0 Å². The summed E-state index contributed by atoms with van der Waals surface area (Å²) in [6.45, 7) is 6.28. The number of carbonyl (C=O) groups excluding carboxylic acids is 1. The molecule has 1 aromatic rings. The Balaban J connectivity index is 1.91. The standard InChI is InChI=1S/C17H25BrN2O2/c1-17(2,3)22-16(21)20-8-7-13(11-15(20)19)9-12-5-4-6-14(18)10-12/h4-6,10,13,15H,7-9,11,19H2,1-3H3. The van der Waals surface area contributed by atoms with Crippen LogP contribution in [0.15, 0.2) is 28.7 Å². The summed E-state index contributed by atoms with van der Waals surface area (Å²) in [5, 5.41) is 0. The maximum Gasteiger partial charge on any atom is 0.411 e. The number of amides is 1. The number of halogens is 1. The second-order valence-electron chi connectivity index (χ2n) is 6.97. The molecule has 1 saturated heterocycles. The van der Waals surface area contributed by atoms with E-state index < -0.39 is 5.60 Å². The molecule has 1 heterocycles. The lowest BCUT2D eigenvalue weighted by Gasteiger charge is -2.38. The van der Waals surface area contributed by atoms with Crippen LogP contribution >= 0.6 is 15.9 Å². The minimum Gasteiger partial charge on any atom is -0.444 e. The summed E-state index contributed by atoms with van der Waals surface area (Å²) < 4.78 is 6.52. The van der Waals surface area contributed by atoms with Crippen LogP contribution in [0.25, 0.3) is 0 Å².